The van der Waals surface area contributed by atoms with Gasteiger partial charge in [-0.15, -0.1) is 0 Å². The fourth-order valence-electron chi connectivity index (χ4n) is 1.80. The molecule has 1 aromatic rings. The second kappa shape index (κ2) is 5.07. The van der Waals surface area contributed by atoms with Crippen LogP contribution in [-0.4, -0.2) is 37.1 Å². The van der Waals surface area contributed by atoms with E-state index in [0.717, 1.165) is 5.69 Å². The lowest BCUT2D eigenvalue weighted by Crippen LogP contribution is -2.49. The summed E-state index contributed by atoms with van der Waals surface area (Å²) in [5, 5.41) is 0. The van der Waals surface area contributed by atoms with Crippen molar-refractivity contribution >= 4 is 5.91 Å². The molecule has 1 saturated heterocycles. The molecule has 4 heteroatoms. The monoisotopic (exact) mass is 221 g/mol. The van der Waals surface area contributed by atoms with Gasteiger partial charge in [-0.3, -0.25) is 4.79 Å². The Hall–Kier alpha value is -1.42. The van der Waals surface area contributed by atoms with Crippen molar-refractivity contribution in [2.24, 2.45) is 0 Å². The van der Waals surface area contributed by atoms with Crippen LogP contribution in [0.4, 0.5) is 0 Å². The molecule has 1 amide bonds. The predicted octanol–water partition coefficient (Wildman–Crippen LogP) is 0.141. The Balaban J connectivity index is 1.99. The molecule has 1 fully saturated rings. The number of carbonyl (C=O) groups is 1. The number of morpholine rings is 1. The molecule has 0 atom stereocenters. The zero-order valence-electron chi connectivity index (χ0n) is 9.56. The average Bonchev–Trinajstić information content (AvgIpc) is 2.33. The van der Waals surface area contributed by atoms with Crippen molar-refractivity contribution in [3.05, 3.63) is 30.1 Å². The molecule has 0 N–H and O–H groups in total. The van der Waals surface area contributed by atoms with Gasteiger partial charge in [0.2, 0.25) is 6.54 Å². The van der Waals surface area contributed by atoms with E-state index in [2.05, 4.69) is 0 Å². The largest absolute Gasteiger partial charge is 0.378 e. The van der Waals surface area contributed by atoms with Gasteiger partial charge < -0.3 is 9.64 Å². The number of hydrogen-bond acceptors (Lipinski definition) is 2. The van der Waals surface area contributed by atoms with Gasteiger partial charge in [-0.1, -0.05) is 6.07 Å². The first-order valence-corrected chi connectivity index (χ1v) is 5.58. The minimum atomic E-state index is 0.169. The third-order valence-corrected chi connectivity index (χ3v) is 2.84. The van der Waals surface area contributed by atoms with Crippen molar-refractivity contribution in [1.29, 1.82) is 0 Å². The van der Waals surface area contributed by atoms with Gasteiger partial charge in [0.1, 0.15) is 0 Å². The second-order valence-electron chi connectivity index (χ2n) is 3.96. The Labute approximate surface area is 95.4 Å². The molecule has 0 aromatic carbocycles. The van der Waals surface area contributed by atoms with Crippen LogP contribution in [0.5, 0.6) is 0 Å². The predicted molar refractivity (Wildman–Crippen MR) is 58.8 cm³/mol. The van der Waals surface area contributed by atoms with Crippen molar-refractivity contribution in [3.63, 3.8) is 0 Å². The van der Waals surface area contributed by atoms with Crippen LogP contribution in [0, 0.1) is 6.92 Å². The number of hydrogen-bond donors (Lipinski definition) is 0. The van der Waals surface area contributed by atoms with Gasteiger partial charge in [-0.2, -0.15) is 4.57 Å². The lowest BCUT2D eigenvalue weighted by Gasteiger charge is -2.25. The number of rotatable bonds is 2. The number of ether oxygens (including phenoxy) is 1. The molecule has 2 rings (SSSR count). The van der Waals surface area contributed by atoms with Crippen molar-refractivity contribution in [2.75, 3.05) is 26.3 Å². The summed E-state index contributed by atoms with van der Waals surface area (Å²) in [6.45, 7) is 5.17. The van der Waals surface area contributed by atoms with E-state index in [1.165, 1.54) is 0 Å². The Morgan fingerprint density at radius 2 is 2.19 bits per heavy atom. The highest BCUT2D eigenvalue weighted by atomic mass is 16.5. The van der Waals surface area contributed by atoms with Crippen LogP contribution < -0.4 is 4.57 Å². The normalized spacial score (nSPS) is 16.2. The smallest absolute Gasteiger partial charge is 0.288 e. The zero-order valence-corrected chi connectivity index (χ0v) is 9.56. The van der Waals surface area contributed by atoms with Gasteiger partial charge >= 0.3 is 0 Å². The molecular weight excluding hydrogens is 204 g/mol. The van der Waals surface area contributed by atoms with Crippen LogP contribution in [0.15, 0.2) is 24.4 Å². The minimum absolute atomic E-state index is 0.169. The zero-order chi connectivity index (χ0) is 11.4. The number of aryl methyl sites for hydroxylation is 1. The molecule has 0 aliphatic carbocycles. The number of amides is 1. The lowest BCUT2D eigenvalue weighted by molar-refractivity contribution is -0.691. The van der Waals surface area contributed by atoms with E-state index < -0.39 is 0 Å². The van der Waals surface area contributed by atoms with Crippen molar-refractivity contribution < 1.29 is 14.1 Å². The summed E-state index contributed by atoms with van der Waals surface area (Å²) in [5.74, 6) is 0.169. The first-order chi connectivity index (χ1) is 7.77. The molecule has 0 spiro atoms. The molecule has 0 saturated carbocycles. The fraction of sp³-hybridized carbons (Fsp3) is 0.500. The maximum atomic E-state index is 12.0. The van der Waals surface area contributed by atoms with E-state index in [0.29, 0.717) is 32.8 Å². The molecule has 2 heterocycles. The molecule has 0 radical (unpaired) electrons. The number of aromatic nitrogens is 1. The average molecular weight is 221 g/mol. The molecule has 0 bridgehead atoms. The fourth-order valence-corrected chi connectivity index (χ4v) is 1.80. The van der Waals surface area contributed by atoms with Crippen molar-refractivity contribution in [1.82, 2.24) is 4.90 Å². The SMILES string of the molecule is Cc1cccc[n+]1CC(=O)N1CCOCC1. The number of carbonyl (C=O) groups excluding carboxylic acids is 1. The highest BCUT2D eigenvalue weighted by molar-refractivity contribution is 5.74. The Bertz CT molecular complexity index is 373. The maximum absolute atomic E-state index is 12.0. The van der Waals surface area contributed by atoms with Crippen molar-refractivity contribution in [2.45, 2.75) is 13.5 Å². The Morgan fingerprint density at radius 1 is 1.44 bits per heavy atom. The minimum Gasteiger partial charge on any atom is -0.378 e. The topological polar surface area (TPSA) is 33.4 Å². The standard InChI is InChI=1S/C12H17N2O2/c1-11-4-2-3-5-14(11)10-12(15)13-6-8-16-9-7-13/h2-5H,6-10H2,1H3/q+1. The van der Waals surface area contributed by atoms with Gasteiger partial charge in [-0.25, -0.2) is 0 Å². The summed E-state index contributed by atoms with van der Waals surface area (Å²) in [5.41, 5.74) is 1.10. The quantitative estimate of drug-likeness (QED) is 0.666. The first-order valence-electron chi connectivity index (χ1n) is 5.58. The molecule has 1 aromatic heterocycles. The van der Waals surface area contributed by atoms with E-state index in [4.69, 9.17) is 4.74 Å². The van der Waals surface area contributed by atoms with Crippen LogP contribution >= 0.6 is 0 Å². The summed E-state index contributed by atoms with van der Waals surface area (Å²) in [6.07, 6.45) is 1.94. The van der Waals surface area contributed by atoms with E-state index in [1.807, 2.05) is 40.8 Å². The number of nitrogens with zero attached hydrogens (tertiary/aromatic N) is 2. The van der Waals surface area contributed by atoms with Crippen LogP contribution in [0.1, 0.15) is 5.69 Å². The Kier molecular flexibility index (Phi) is 3.51. The van der Waals surface area contributed by atoms with Crippen LogP contribution in [0.3, 0.4) is 0 Å². The third-order valence-electron chi connectivity index (χ3n) is 2.84. The van der Waals surface area contributed by atoms with Crippen LogP contribution in [-0.2, 0) is 16.1 Å². The summed E-state index contributed by atoms with van der Waals surface area (Å²) in [4.78, 5) is 13.8. The molecule has 1 aliphatic heterocycles. The third kappa shape index (κ3) is 2.58. The molecule has 1 aliphatic rings. The summed E-state index contributed by atoms with van der Waals surface area (Å²) < 4.78 is 7.19. The summed E-state index contributed by atoms with van der Waals surface area (Å²) >= 11 is 0. The molecule has 0 unspecified atom stereocenters. The van der Waals surface area contributed by atoms with Crippen LogP contribution in [0.2, 0.25) is 0 Å². The van der Waals surface area contributed by atoms with E-state index in [1.54, 1.807) is 0 Å². The highest BCUT2D eigenvalue weighted by Crippen LogP contribution is 1.98. The van der Waals surface area contributed by atoms with Gasteiger partial charge in [-0.05, 0) is 0 Å². The molecular formula is C12H17N2O2+. The lowest BCUT2D eigenvalue weighted by atomic mass is 10.3. The van der Waals surface area contributed by atoms with E-state index in [9.17, 15) is 4.79 Å². The maximum Gasteiger partial charge on any atom is 0.288 e. The van der Waals surface area contributed by atoms with E-state index >= 15 is 0 Å². The summed E-state index contributed by atoms with van der Waals surface area (Å²) in [6, 6.07) is 5.93. The van der Waals surface area contributed by atoms with Gasteiger partial charge in [0.25, 0.3) is 5.91 Å². The van der Waals surface area contributed by atoms with Crippen LogP contribution in [0.25, 0.3) is 0 Å². The number of pyridine rings is 1. The first kappa shape index (κ1) is 11.1. The molecule has 4 nitrogen and oxygen atoms in total. The Morgan fingerprint density at radius 3 is 2.88 bits per heavy atom. The van der Waals surface area contributed by atoms with Crippen molar-refractivity contribution in [3.8, 4) is 0 Å². The van der Waals surface area contributed by atoms with Gasteiger partial charge in [0.05, 0.1) is 13.2 Å². The van der Waals surface area contributed by atoms with Gasteiger partial charge in [0.15, 0.2) is 11.9 Å². The summed E-state index contributed by atoms with van der Waals surface area (Å²) in [7, 11) is 0. The highest BCUT2D eigenvalue weighted by Gasteiger charge is 2.20. The molecule has 16 heavy (non-hydrogen) atoms. The van der Waals surface area contributed by atoms with E-state index in [-0.39, 0.29) is 5.91 Å². The molecule has 86 valence electrons. The van der Waals surface area contributed by atoms with Gasteiger partial charge in [0, 0.05) is 32.1 Å². The second-order valence-corrected chi connectivity index (χ2v) is 3.96.